The Hall–Kier alpha value is -1.44. The number of piperidine rings is 1. The van der Waals surface area contributed by atoms with Gasteiger partial charge in [-0.05, 0) is 37.1 Å². The van der Waals surface area contributed by atoms with Crippen LogP contribution in [0.1, 0.15) is 19.3 Å². The van der Waals surface area contributed by atoms with Gasteiger partial charge < -0.3 is 10.1 Å². The van der Waals surface area contributed by atoms with Gasteiger partial charge in [0.25, 0.3) is 5.92 Å². The number of nitrogens with zero attached hydrogens (tertiary/aromatic N) is 1. The molecule has 1 aromatic rings. The van der Waals surface area contributed by atoms with Crippen molar-refractivity contribution in [1.82, 2.24) is 15.5 Å². The minimum Gasteiger partial charge on any atom is -0.492 e. The average molecular weight is 388 g/mol. The lowest BCUT2D eigenvalue weighted by Crippen LogP contribution is -2.49. The Kier molecular flexibility index (Phi) is 6.32. The first kappa shape index (κ1) is 19.3. The molecular formula is C18H24ClF2N3O2. The maximum atomic E-state index is 13.2. The topological polar surface area (TPSA) is 53.6 Å². The van der Waals surface area contributed by atoms with E-state index in [-0.39, 0.29) is 11.9 Å². The van der Waals surface area contributed by atoms with E-state index in [4.69, 9.17) is 16.3 Å². The van der Waals surface area contributed by atoms with E-state index in [0.717, 1.165) is 38.2 Å². The molecule has 1 amide bonds. The lowest BCUT2D eigenvalue weighted by atomic mass is 10.0. The number of halogens is 3. The molecule has 26 heavy (non-hydrogen) atoms. The normalized spacial score (nSPS) is 23.7. The number of hydrogen-bond donors (Lipinski definition) is 2. The van der Waals surface area contributed by atoms with Gasteiger partial charge in [0.15, 0.2) is 0 Å². The van der Waals surface area contributed by atoms with Crippen LogP contribution in [0.5, 0.6) is 5.75 Å². The smallest absolute Gasteiger partial charge is 0.262 e. The molecule has 1 aromatic carbocycles. The lowest BCUT2D eigenvalue weighted by Gasteiger charge is -2.32. The van der Waals surface area contributed by atoms with Crippen molar-refractivity contribution < 1.29 is 18.3 Å². The van der Waals surface area contributed by atoms with E-state index in [0.29, 0.717) is 11.6 Å². The van der Waals surface area contributed by atoms with Gasteiger partial charge in [0, 0.05) is 37.1 Å². The SMILES string of the molecule is O=C(NC1CCN(CCOc2ccc(Cl)cc2)CC1)C1CC(F)(F)CN1. The summed E-state index contributed by atoms with van der Waals surface area (Å²) in [6.45, 7) is 2.67. The molecule has 2 fully saturated rings. The summed E-state index contributed by atoms with van der Waals surface area (Å²) in [5, 5.41) is 6.17. The molecule has 0 spiro atoms. The molecule has 144 valence electrons. The van der Waals surface area contributed by atoms with Gasteiger partial charge in [-0.15, -0.1) is 0 Å². The molecule has 5 nitrogen and oxygen atoms in total. The number of benzene rings is 1. The third kappa shape index (κ3) is 5.53. The Balaban J connectivity index is 1.32. The van der Waals surface area contributed by atoms with E-state index in [1.807, 2.05) is 12.1 Å². The number of hydrogen-bond acceptors (Lipinski definition) is 4. The minimum atomic E-state index is -2.78. The summed E-state index contributed by atoms with van der Waals surface area (Å²) in [6, 6.07) is 6.53. The van der Waals surface area contributed by atoms with Crippen LogP contribution in [0.2, 0.25) is 5.02 Å². The van der Waals surface area contributed by atoms with Crippen LogP contribution in [0.4, 0.5) is 8.78 Å². The average Bonchev–Trinajstić information content (AvgIpc) is 2.98. The number of carbonyl (C=O) groups is 1. The minimum absolute atomic E-state index is 0.0481. The quantitative estimate of drug-likeness (QED) is 0.786. The van der Waals surface area contributed by atoms with E-state index in [1.54, 1.807) is 12.1 Å². The maximum Gasteiger partial charge on any atom is 0.262 e. The van der Waals surface area contributed by atoms with Crippen molar-refractivity contribution in [3.8, 4) is 5.75 Å². The zero-order valence-corrected chi connectivity index (χ0v) is 15.3. The van der Waals surface area contributed by atoms with Crippen molar-refractivity contribution >= 4 is 17.5 Å². The van der Waals surface area contributed by atoms with E-state index >= 15 is 0 Å². The predicted molar refractivity (Wildman–Crippen MR) is 95.9 cm³/mol. The zero-order chi connectivity index (χ0) is 18.6. The first-order valence-corrected chi connectivity index (χ1v) is 9.31. The lowest BCUT2D eigenvalue weighted by molar-refractivity contribution is -0.124. The summed E-state index contributed by atoms with van der Waals surface area (Å²) >= 11 is 5.84. The van der Waals surface area contributed by atoms with Gasteiger partial charge in [0.1, 0.15) is 12.4 Å². The van der Waals surface area contributed by atoms with Crippen LogP contribution in [0, 0.1) is 0 Å². The van der Waals surface area contributed by atoms with Crippen molar-refractivity contribution in [2.75, 3.05) is 32.8 Å². The summed E-state index contributed by atoms with van der Waals surface area (Å²) in [6.07, 6.45) is 1.21. The van der Waals surface area contributed by atoms with Crippen LogP contribution < -0.4 is 15.4 Å². The molecule has 0 aromatic heterocycles. The number of likely N-dealkylation sites (tertiary alicyclic amines) is 1. The maximum absolute atomic E-state index is 13.2. The Morgan fingerprint density at radius 3 is 2.62 bits per heavy atom. The number of nitrogens with one attached hydrogen (secondary N) is 2. The molecule has 2 N–H and O–H groups in total. The summed E-state index contributed by atoms with van der Waals surface area (Å²) in [7, 11) is 0. The highest BCUT2D eigenvalue weighted by atomic mass is 35.5. The summed E-state index contributed by atoms with van der Waals surface area (Å²) in [5.74, 6) is -2.31. The molecule has 1 atom stereocenters. The van der Waals surface area contributed by atoms with Gasteiger partial charge in [-0.2, -0.15) is 0 Å². The molecule has 0 bridgehead atoms. The predicted octanol–water partition coefficient (Wildman–Crippen LogP) is 2.30. The van der Waals surface area contributed by atoms with Crippen molar-refractivity contribution in [2.24, 2.45) is 0 Å². The highest BCUT2D eigenvalue weighted by molar-refractivity contribution is 6.30. The number of ether oxygens (including phenoxy) is 1. The second kappa shape index (κ2) is 8.50. The molecule has 0 saturated carbocycles. The second-order valence-electron chi connectivity index (χ2n) is 6.92. The van der Waals surface area contributed by atoms with E-state index in [1.165, 1.54) is 0 Å². The Bertz CT molecular complexity index is 607. The van der Waals surface area contributed by atoms with Gasteiger partial charge in [0.05, 0.1) is 12.6 Å². The van der Waals surface area contributed by atoms with Crippen molar-refractivity contribution in [3.05, 3.63) is 29.3 Å². The van der Waals surface area contributed by atoms with Gasteiger partial charge in [-0.1, -0.05) is 11.6 Å². The van der Waals surface area contributed by atoms with E-state index < -0.39 is 24.9 Å². The third-order valence-electron chi connectivity index (χ3n) is 4.85. The van der Waals surface area contributed by atoms with Crippen molar-refractivity contribution in [2.45, 2.75) is 37.3 Å². The number of carbonyl (C=O) groups excluding carboxylic acids is 1. The largest absolute Gasteiger partial charge is 0.492 e. The molecule has 8 heteroatoms. The fourth-order valence-corrected chi connectivity index (χ4v) is 3.45. The standard InChI is InChI=1S/C18H24ClF2N3O2/c19-13-1-3-15(4-2-13)26-10-9-24-7-5-14(6-8-24)23-17(25)16-11-18(20,21)12-22-16/h1-4,14,16,22H,5-12H2,(H,23,25). The summed E-state index contributed by atoms with van der Waals surface area (Å²) < 4.78 is 32.0. The zero-order valence-electron chi connectivity index (χ0n) is 14.5. The molecule has 0 aliphatic carbocycles. The molecular weight excluding hydrogens is 364 g/mol. The van der Waals surface area contributed by atoms with Crippen molar-refractivity contribution in [1.29, 1.82) is 0 Å². The fourth-order valence-electron chi connectivity index (χ4n) is 3.33. The molecule has 0 radical (unpaired) electrons. The van der Waals surface area contributed by atoms with E-state index in [9.17, 15) is 13.6 Å². The highest BCUT2D eigenvalue weighted by Gasteiger charge is 2.42. The van der Waals surface area contributed by atoms with E-state index in [2.05, 4.69) is 15.5 Å². The van der Waals surface area contributed by atoms with Crippen molar-refractivity contribution in [3.63, 3.8) is 0 Å². The molecule has 2 heterocycles. The highest BCUT2D eigenvalue weighted by Crippen LogP contribution is 2.25. The Labute approximate surface area is 157 Å². The Morgan fingerprint density at radius 1 is 1.31 bits per heavy atom. The molecule has 3 rings (SSSR count). The van der Waals surface area contributed by atoms with Crippen LogP contribution in [0.15, 0.2) is 24.3 Å². The van der Waals surface area contributed by atoms with Gasteiger partial charge in [-0.3, -0.25) is 15.0 Å². The molecule has 2 aliphatic heterocycles. The summed E-state index contributed by atoms with van der Waals surface area (Å²) in [5.41, 5.74) is 0. The number of rotatable bonds is 6. The number of amides is 1. The van der Waals surface area contributed by atoms with Crippen LogP contribution in [0.3, 0.4) is 0 Å². The third-order valence-corrected chi connectivity index (χ3v) is 5.10. The first-order chi connectivity index (χ1) is 12.4. The van der Waals surface area contributed by atoms with Crippen LogP contribution in [-0.4, -0.2) is 61.6 Å². The molecule has 1 unspecified atom stereocenters. The van der Waals surface area contributed by atoms with Crippen LogP contribution >= 0.6 is 11.6 Å². The fraction of sp³-hybridized carbons (Fsp3) is 0.611. The first-order valence-electron chi connectivity index (χ1n) is 8.94. The summed E-state index contributed by atoms with van der Waals surface area (Å²) in [4.78, 5) is 14.4. The second-order valence-corrected chi connectivity index (χ2v) is 7.36. The number of alkyl halides is 2. The van der Waals surface area contributed by atoms with Gasteiger partial charge in [-0.25, -0.2) is 8.78 Å². The molecule has 2 aliphatic rings. The van der Waals surface area contributed by atoms with Gasteiger partial charge in [0.2, 0.25) is 5.91 Å². The Morgan fingerprint density at radius 2 is 2.00 bits per heavy atom. The van der Waals surface area contributed by atoms with Crippen LogP contribution in [0.25, 0.3) is 0 Å². The van der Waals surface area contributed by atoms with Gasteiger partial charge >= 0.3 is 0 Å². The van der Waals surface area contributed by atoms with Crippen LogP contribution in [-0.2, 0) is 4.79 Å². The molecule has 2 saturated heterocycles. The monoisotopic (exact) mass is 387 g/mol.